The Morgan fingerprint density at radius 3 is 2.68 bits per heavy atom. The van der Waals surface area contributed by atoms with E-state index in [4.69, 9.17) is 4.74 Å². The highest BCUT2D eigenvalue weighted by molar-refractivity contribution is 5.88. The number of carbonyl (C=O) groups excluding carboxylic acids is 1. The normalized spacial score (nSPS) is 19.4. The summed E-state index contributed by atoms with van der Waals surface area (Å²) >= 11 is 0. The monoisotopic (exact) mass is 419 g/mol. The summed E-state index contributed by atoms with van der Waals surface area (Å²) in [6, 6.07) is 8.21. The van der Waals surface area contributed by atoms with Gasteiger partial charge < -0.3 is 9.64 Å². The Morgan fingerprint density at radius 2 is 2.00 bits per heavy atom. The molecule has 2 aliphatic heterocycles. The molecule has 31 heavy (non-hydrogen) atoms. The molecule has 0 spiro atoms. The van der Waals surface area contributed by atoms with Crippen molar-refractivity contribution in [3.8, 4) is 11.3 Å². The lowest BCUT2D eigenvalue weighted by Gasteiger charge is -2.43. The van der Waals surface area contributed by atoms with Crippen LogP contribution in [0.15, 0.2) is 36.7 Å². The van der Waals surface area contributed by atoms with Crippen LogP contribution >= 0.6 is 0 Å². The molecule has 4 heterocycles. The highest BCUT2D eigenvalue weighted by Gasteiger charge is 2.36. The van der Waals surface area contributed by atoms with Crippen LogP contribution in [0.4, 0.5) is 0 Å². The number of Topliss-reactive ketones (excluding diaryl/α,β-unsaturated/α-hetero) is 1. The number of carbonyl (C=O) groups is 1. The number of piperidine rings is 1. The second kappa shape index (κ2) is 8.13. The topological polar surface area (TPSA) is 73.1 Å². The van der Waals surface area contributed by atoms with E-state index in [1.165, 1.54) is 0 Å². The van der Waals surface area contributed by atoms with E-state index in [2.05, 4.69) is 33.2 Å². The quantitative estimate of drug-likeness (QED) is 0.612. The van der Waals surface area contributed by atoms with Gasteiger partial charge in [0.1, 0.15) is 11.5 Å². The van der Waals surface area contributed by atoms with Crippen molar-refractivity contribution in [1.29, 1.82) is 0 Å². The van der Waals surface area contributed by atoms with Gasteiger partial charge in [0.25, 0.3) is 0 Å². The van der Waals surface area contributed by atoms with Crippen molar-refractivity contribution in [1.82, 2.24) is 24.9 Å². The number of likely N-dealkylation sites (tertiary alicyclic amines) is 1. The molecule has 2 aliphatic rings. The molecule has 0 N–H and O–H groups in total. The molecule has 7 heteroatoms. The number of fused-ring (bicyclic) bond motifs is 1. The van der Waals surface area contributed by atoms with Crippen molar-refractivity contribution in [3.63, 3.8) is 0 Å². The van der Waals surface area contributed by atoms with Crippen molar-refractivity contribution in [2.75, 3.05) is 32.8 Å². The van der Waals surface area contributed by atoms with Gasteiger partial charge in [0.15, 0.2) is 0 Å². The summed E-state index contributed by atoms with van der Waals surface area (Å²) in [5, 5.41) is 10.3. The number of ketones is 1. The second-order valence-electron chi connectivity index (χ2n) is 9.51. The van der Waals surface area contributed by atoms with E-state index >= 15 is 0 Å². The average molecular weight is 420 g/mol. The van der Waals surface area contributed by atoms with Crippen LogP contribution in [0.2, 0.25) is 0 Å². The highest BCUT2D eigenvalue weighted by atomic mass is 16.5. The van der Waals surface area contributed by atoms with Crippen molar-refractivity contribution in [2.45, 2.75) is 26.2 Å². The molecule has 0 amide bonds. The summed E-state index contributed by atoms with van der Waals surface area (Å²) in [7, 11) is 1.86. The smallest absolute Gasteiger partial charge is 0.142 e. The van der Waals surface area contributed by atoms with Crippen LogP contribution < -0.4 is 0 Å². The van der Waals surface area contributed by atoms with Crippen LogP contribution in [0.25, 0.3) is 22.0 Å². The van der Waals surface area contributed by atoms with Gasteiger partial charge in [0.05, 0.1) is 19.4 Å². The van der Waals surface area contributed by atoms with Gasteiger partial charge in [-0.15, -0.1) is 5.10 Å². The Labute approximate surface area is 182 Å². The van der Waals surface area contributed by atoms with E-state index in [1.807, 2.05) is 37.6 Å². The van der Waals surface area contributed by atoms with Crippen molar-refractivity contribution in [2.24, 2.45) is 18.4 Å². The molecule has 5 rings (SSSR count). The molecule has 0 bridgehead atoms. The predicted molar refractivity (Wildman–Crippen MR) is 119 cm³/mol. The molecule has 0 aliphatic carbocycles. The van der Waals surface area contributed by atoms with Crippen LogP contribution in [-0.4, -0.2) is 63.5 Å². The lowest BCUT2D eigenvalue weighted by Crippen LogP contribution is -2.50. The van der Waals surface area contributed by atoms with Gasteiger partial charge in [-0.05, 0) is 43.5 Å². The van der Waals surface area contributed by atoms with Crippen LogP contribution in [0, 0.1) is 11.3 Å². The van der Waals surface area contributed by atoms with Crippen molar-refractivity contribution >= 4 is 16.6 Å². The summed E-state index contributed by atoms with van der Waals surface area (Å²) in [5.41, 5.74) is 3.00. The molecular formula is C24H29N5O2. The average Bonchev–Trinajstić information content (AvgIpc) is 3.19. The number of hydrogen-bond donors (Lipinski definition) is 0. The summed E-state index contributed by atoms with van der Waals surface area (Å²) in [6.07, 6.45) is 6.06. The van der Waals surface area contributed by atoms with Gasteiger partial charge in [0, 0.05) is 54.2 Å². The largest absolute Gasteiger partial charge is 0.380 e. The third kappa shape index (κ3) is 4.38. The van der Waals surface area contributed by atoms with Gasteiger partial charge in [0.2, 0.25) is 0 Å². The molecule has 162 valence electrons. The van der Waals surface area contributed by atoms with Gasteiger partial charge in [-0.1, -0.05) is 24.3 Å². The Morgan fingerprint density at radius 1 is 1.19 bits per heavy atom. The maximum absolute atomic E-state index is 13.0. The number of benzene rings is 1. The molecule has 7 nitrogen and oxygen atoms in total. The zero-order chi connectivity index (χ0) is 21.4. The van der Waals surface area contributed by atoms with Crippen LogP contribution in [0.1, 0.15) is 25.5 Å². The number of hydrogen-bond acceptors (Lipinski definition) is 6. The maximum Gasteiger partial charge on any atom is 0.142 e. The standard InChI is InChI=1S/C24H29N5O2/c1-24(15-31-16-24)14-29-7-5-17(6-8-29)23(30)11-21-10-20-9-18(3-4-19(20)12-25-21)22-13-28(2)27-26-22/h3-4,9-10,12-13,17H,5-8,11,14-16H2,1-2H3. The van der Waals surface area contributed by atoms with Crippen LogP contribution in [0.3, 0.4) is 0 Å². The number of pyridine rings is 1. The minimum Gasteiger partial charge on any atom is -0.380 e. The minimum atomic E-state index is 0.144. The van der Waals surface area contributed by atoms with E-state index in [1.54, 1.807) is 4.68 Å². The number of ether oxygens (including phenoxy) is 1. The third-order valence-electron chi connectivity index (χ3n) is 6.58. The summed E-state index contributed by atoms with van der Waals surface area (Å²) in [4.78, 5) is 20.0. The number of rotatable bonds is 6. The molecule has 0 atom stereocenters. The van der Waals surface area contributed by atoms with Crippen LogP contribution in [0.5, 0.6) is 0 Å². The number of aromatic nitrogens is 4. The Hall–Kier alpha value is -2.64. The van der Waals surface area contributed by atoms with E-state index < -0.39 is 0 Å². The first-order valence-electron chi connectivity index (χ1n) is 11.1. The van der Waals surface area contributed by atoms with Gasteiger partial charge >= 0.3 is 0 Å². The van der Waals surface area contributed by atoms with E-state index in [0.717, 1.165) is 73.4 Å². The fourth-order valence-electron chi connectivity index (χ4n) is 4.74. The maximum atomic E-state index is 13.0. The Kier molecular flexibility index (Phi) is 5.32. The molecule has 3 aromatic rings. The minimum absolute atomic E-state index is 0.144. The first kappa shape index (κ1) is 20.3. The highest BCUT2D eigenvalue weighted by Crippen LogP contribution is 2.30. The molecule has 2 saturated heterocycles. The molecule has 2 fully saturated rings. The SMILES string of the molecule is Cn1cc(-c2ccc3cnc(CC(=O)C4CCN(CC5(C)COC5)CC4)cc3c2)nn1. The molecule has 0 unspecified atom stereocenters. The molecule has 0 radical (unpaired) electrons. The lowest BCUT2D eigenvalue weighted by atomic mass is 9.85. The summed E-state index contributed by atoms with van der Waals surface area (Å²) < 4.78 is 7.07. The van der Waals surface area contributed by atoms with E-state index in [-0.39, 0.29) is 5.92 Å². The molecule has 0 saturated carbocycles. The van der Waals surface area contributed by atoms with Gasteiger partial charge in [-0.2, -0.15) is 0 Å². The van der Waals surface area contributed by atoms with Gasteiger partial charge in [-0.25, -0.2) is 0 Å². The zero-order valence-corrected chi connectivity index (χ0v) is 18.3. The fourth-order valence-corrected chi connectivity index (χ4v) is 4.74. The number of aryl methyl sites for hydroxylation is 1. The summed E-state index contributed by atoms with van der Waals surface area (Å²) in [6.45, 7) is 7.08. The lowest BCUT2D eigenvalue weighted by molar-refractivity contribution is -0.127. The first-order chi connectivity index (χ1) is 15.0. The zero-order valence-electron chi connectivity index (χ0n) is 18.3. The van der Waals surface area contributed by atoms with Crippen molar-refractivity contribution in [3.05, 3.63) is 42.4 Å². The Bertz CT molecular complexity index is 1100. The third-order valence-corrected chi connectivity index (χ3v) is 6.58. The van der Waals surface area contributed by atoms with Gasteiger partial charge in [-0.3, -0.25) is 14.5 Å². The summed E-state index contributed by atoms with van der Waals surface area (Å²) in [5.74, 6) is 0.458. The van der Waals surface area contributed by atoms with Crippen molar-refractivity contribution < 1.29 is 9.53 Å². The molecule has 2 aromatic heterocycles. The fraction of sp³-hybridized carbons (Fsp3) is 0.500. The number of nitrogens with zero attached hydrogens (tertiary/aromatic N) is 5. The molecular weight excluding hydrogens is 390 g/mol. The van der Waals surface area contributed by atoms with Crippen LogP contribution in [-0.2, 0) is 23.0 Å². The van der Waals surface area contributed by atoms with E-state index in [9.17, 15) is 4.79 Å². The first-order valence-corrected chi connectivity index (χ1v) is 11.1. The van der Waals surface area contributed by atoms with E-state index in [0.29, 0.717) is 17.6 Å². The molecule has 1 aromatic carbocycles. The Balaban J connectivity index is 1.23. The second-order valence-corrected chi connectivity index (χ2v) is 9.51. The predicted octanol–water partition coefficient (Wildman–Crippen LogP) is 2.89.